The second kappa shape index (κ2) is 7.42. The predicted molar refractivity (Wildman–Crippen MR) is 84.2 cm³/mol. The van der Waals surface area contributed by atoms with Crippen LogP contribution in [-0.4, -0.2) is 34.3 Å². The number of nitrogens with two attached hydrogens (primary N) is 1. The Bertz CT molecular complexity index is 669. The minimum absolute atomic E-state index is 0.368. The van der Waals surface area contributed by atoms with Crippen LogP contribution in [0.3, 0.4) is 0 Å². The van der Waals surface area contributed by atoms with Gasteiger partial charge in [0.2, 0.25) is 0 Å². The Morgan fingerprint density at radius 1 is 0.957 bits per heavy atom. The summed E-state index contributed by atoms with van der Waals surface area (Å²) in [5, 5.41) is 17.8. The third kappa shape index (κ3) is 4.55. The largest absolute Gasteiger partial charge is 0.488 e. The fourth-order valence-electron chi connectivity index (χ4n) is 2.10. The van der Waals surface area contributed by atoms with E-state index in [4.69, 9.17) is 20.7 Å². The maximum Gasteiger partial charge on any atom is 0.324 e. The number of carbonyl (C=O) groups is 2. The molecule has 0 fully saturated rings. The molecule has 6 nitrogen and oxygen atoms in total. The van der Waals surface area contributed by atoms with Crippen LogP contribution in [0.5, 0.6) is 5.75 Å². The minimum atomic E-state index is -1.42. The molecule has 0 heterocycles. The van der Waals surface area contributed by atoms with Crippen molar-refractivity contribution in [2.24, 2.45) is 5.73 Å². The first kappa shape index (κ1) is 16.5. The molecule has 0 bridgehead atoms. The molecule has 0 aliphatic rings. The SMILES string of the molecule is NC(C(=O)O)C(CC(=O)O)Oc1ccc(-c2ccccc2)cc1. The molecule has 0 spiro atoms. The van der Waals surface area contributed by atoms with Gasteiger partial charge in [-0.05, 0) is 23.3 Å². The molecular weight excluding hydrogens is 298 g/mol. The van der Waals surface area contributed by atoms with E-state index in [0.29, 0.717) is 5.75 Å². The van der Waals surface area contributed by atoms with E-state index in [1.165, 1.54) is 0 Å². The number of rotatable bonds is 7. The van der Waals surface area contributed by atoms with Gasteiger partial charge in [0.25, 0.3) is 0 Å². The lowest BCUT2D eigenvalue weighted by atomic mass is 10.1. The van der Waals surface area contributed by atoms with Crippen LogP contribution in [0.25, 0.3) is 11.1 Å². The number of ether oxygens (including phenoxy) is 1. The van der Waals surface area contributed by atoms with E-state index in [-0.39, 0.29) is 0 Å². The summed E-state index contributed by atoms with van der Waals surface area (Å²) < 4.78 is 5.45. The monoisotopic (exact) mass is 315 g/mol. The quantitative estimate of drug-likeness (QED) is 0.720. The third-order valence-corrected chi connectivity index (χ3v) is 3.31. The number of aliphatic carboxylic acids is 2. The summed E-state index contributed by atoms with van der Waals surface area (Å²) in [5.41, 5.74) is 7.49. The summed E-state index contributed by atoms with van der Waals surface area (Å²) in [6, 6.07) is 15.2. The van der Waals surface area contributed by atoms with Gasteiger partial charge in [-0.1, -0.05) is 42.5 Å². The zero-order chi connectivity index (χ0) is 16.8. The normalized spacial score (nSPS) is 13.1. The molecule has 2 aromatic rings. The summed E-state index contributed by atoms with van der Waals surface area (Å²) >= 11 is 0. The highest BCUT2D eigenvalue weighted by Gasteiger charge is 2.28. The molecule has 4 N–H and O–H groups in total. The molecule has 0 radical (unpaired) electrons. The lowest BCUT2D eigenvalue weighted by Gasteiger charge is -2.21. The molecule has 2 aromatic carbocycles. The third-order valence-electron chi connectivity index (χ3n) is 3.31. The van der Waals surface area contributed by atoms with Gasteiger partial charge in [-0.3, -0.25) is 9.59 Å². The first-order chi connectivity index (χ1) is 11.0. The van der Waals surface area contributed by atoms with Crippen LogP contribution in [0, 0.1) is 0 Å². The van der Waals surface area contributed by atoms with Crippen molar-refractivity contribution in [1.29, 1.82) is 0 Å². The fraction of sp³-hybridized carbons (Fsp3) is 0.176. The minimum Gasteiger partial charge on any atom is -0.488 e. The van der Waals surface area contributed by atoms with Crippen molar-refractivity contribution in [2.45, 2.75) is 18.6 Å². The van der Waals surface area contributed by atoms with Gasteiger partial charge < -0.3 is 20.7 Å². The molecule has 23 heavy (non-hydrogen) atoms. The summed E-state index contributed by atoms with van der Waals surface area (Å²) in [6.45, 7) is 0. The van der Waals surface area contributed by atoms with E-state index in [2.05, 4.69) is 0 Å². The number of benzene rings is 2. The fourth-order valence-corrected chi connectivity index (χ4v) is 2.10. The van der Waals surface area contributed by atoms with Crippen LogP contribution in [-0.2, 0) is 9.59 Å². The number of hydrogen-bond acceptors (Lipinski definition) is 4. The van der Waals surface area contributed by atoms with E-state index in [0.717, 1.165) is 11.1 Å². The molecular formula is C17H17NO5. The van der Waals surface area contributed by atoms with Crippen LogP contribution in [0.1, 0.15) is 6.42 Å². The van der Waals surface area contributed by atoms with Gasteiger partial charge in [0, 0.05) is 0 Å². The molecule has 0 saturated heterocycles. The maximum absolute atomic E-state index is 11.0. The predicted octanol–water partition coefficient (Wildman–Crippen LogP) is 1.99. The first-order valence-corrected chi connectivity index (χ1v) is 6.99. The highest BCUT2D eigenvalue weighted by Crippen LogP contribution is 2.23. The Kier molecular flexibility index (Phi) is 5.32. The second-order valence-corrected chi connectivity index (χ2v) is 5.01. The van der Waals surface area contributed by atoms with Crippen molar-refractivity contribution < 1.29 is 24.5 Å². The summed E-state index contributed by atoms with van der Waals surface area (Å²) in [7, 11) is 0. The van der Waals surface area contributed by atoms with Crippen LogP contribution in [0.15, 0.2) is 54.6 Å². The molecule has 6 heteroatoms. The van der Waals surface area contributed by atoms with Crippen molar-refractivity contribution in [3.05, 3.63) is 54.6 Å². The zero-order valence-electron chi connectivity index (χ0n) is 12.3. The smallest absolute Gasteiger partial charge is 0.324 e. The molecule has 0 aliphatic carbocycles. The molecule has 2 atom stereocenters. The van der Waals surface area contributed by atoms with E-state index < -0.39 is 30.5 Å². The number of carboxylic acids is 2. The molecule has 0 saturated carbocycles. The van der Waals surface area contributed by atoms with E-state index in [1.54, 1.807) is 12.1 Å². The van der Waals surface area contributed by atoms with Gasteiger partial charge in [-0.25, -0.2) is 0 Å². The van der Waals surface area contributed by atoms with Gasteiger partial charge in [0.05, 0.1) is 6.42 Å². The van der Waals surface area contributed by atoms with Gasteiger partial charge >= 0.3 is 11.9 Å². The lowest BCUT2D eigenvalue weighted by molar-refractivity contribution is -0.143. The molecule has 0 aromatic heterocycles. The van der Waals surface area contributed by atoms with Gasteiger partial charge in [0.1, 0.15) is 17.9 Å². The molecule has 2 rings (SSSR count). The van der Waals surface area contributed by atoms with Crippen molar-refractivity contribution in [2.75, 3.05) is 0 Å². The summed E-state index contributed by atoms with van der Waals surface area (Å²) in [6.07, 6.45) is -1.64. The van der Waals surface area contributed by atoms with Crippen LogP contribution in [0.2, 0.25) is 0 Å². The molecule has 2 unspecified atom stereocenters. The Morgan fingerprint density at radius 2 is 1.52 bits per heavy atom. The molecule has 0 amide bonds. The second-order valence-electron chi connectivity index (χ2n) is 5.01. The highest BCUT2D eigenvalue weighted by molar-refractivity contribution is 5.76. The summed E-state index contributed by atoms with van der Waals surface area (Å²) in [4.78, 5) is 21.8. The standard InChI is InChI=1S/C17H17NO5/c18-16(17(21)22)14(10-15(19)20)23-13-8-6-12(7-9-13)11-4-2-1-3-5-11/h1-9,14,16H,10,18H2,(H,19,20)(H,21,22). The first-order valence-electron chi connectivity index (χ1n) is 6.99. The average molecular weight is 315 g/mol. The summed E-state index contributed by atoms with van der Waals surface area (Å²) in [5.74, 6) is -2.11. The molecule has 0 aliphatic heterocycles. The van der Waals surface area contributed by atoms with Gasteiger partial charge in [0.15, 0.2) is 0 Å². The van der Waals surface area contributed by atoms with E-state index in [9.17, 15) is 9.59 Å². The van der Waals surface area contributed by atoms with Crippen molar-refractivity contribution in [3.8, 4) is 16.9 Å². The topological polar surface area (TPSA) is 110 Å². The average Bonchev–Trinajstić information content (AvgIpc) is 2.54. The van der Waals surface area contributed by atoms with Gasteiger partial charge in [-0.15, -0.1) is 0 Å². The van der Waals surface area contributed by atoms with Gasteiger partial charge in [-0.2, -0.15) is 0 Å². The zero-order valence-corrected chi connectivity index (χ0v) is 12.3. The Morgan fingerprint density at radius 3 is 2.04 bits per heavy atom. The van der Waals surface area contributed by atoms with E-state index >= 15 is 0 Å². The van der Waals surface area contributed by atoms with Crippen LogP contribution >= 0.6 is 0 Å². The van der Waals surface area contributed by atoms with Crippen molar-refractivity contribution >= 4 is 11.9 Å². The number of carboxylic acid groups (broad SMARTS) is 2. The highest BCUT2D eigenvalue weighted by atomic mass is 16.5. The maximum atomic E-state index is 11.0. The lowest BCUT2D eigenvalue weighted by Crippen LogP contribution is -2.46. The Hall–Kier alpha value is -2.86. The van der Waals surface area contributed by atoms with Crippen LogP contribution in [0.4, 0.5) is 0 Å². The Labute approximate surface area is 133 Å². The van der Waals surface area contributed by atoms with Crippen molar-refractivity contribution in [1.82, 2.24) is 0 Å². The molecule has 120 valence electrons. The van der Waals surface area contributed by atoms with Crippen molar-refractivity contribution in [3.63, 3.8) is 0 Å². The number of hydrogen-bond donors (Lipinski definition) is 3. The Balaban J connectivity index is 2.14. The van der Waals surface area contributed by atoms with E-state index in [1.807, 2.05) is 42.5 Å². The van der Waals surface area contributed by atoms with Crippen LogP contribution < -0.4 is 10.5 Å².